The molecule has 1 unspecified atom stereocenters. The van der Waals surface area contributed by atoms with Crippen LogP contribution in [0.5, 0.6) is 5.75 Å². The Hall–Kier alpha value is -1.03. The van der Waals surface area contributed by atoms with E-state index < -0.39 is 0 Å². The van der Waals surface area contributed by atoms with Crippen molar-refractivity contribution in [1.82, 2.24) is 4.90 Å². The van der Waals surface area contributed by atoms with Crippen molar-refractivity contribution < 1.29 is 9.53 Å². The third-order valence-electron chi connectivity index (χ3n) is 4.24. The molecule has 3 nitrogen and oxygen atoms in total. The zero-order chi connectivity index (χ0) is 15.2. The molecule has 0 bridgehead atoms. The lowest BCUT2D eigenvalue weighted by Crippen LogP contribution is -2.29. The Kier molecular flexibility index (Phi) is 6.09. The number of hydrogen-bond donors (Lipinski definition) is 0. The molecule has 2 rings (SSSR count). The normalized spacial score (nSPS) is 19.5. The standard InChI is InChI=1S/C17H24BrNO2/c1-3-4-13-5-8-17(20)19(10-9-13)12-14-11-15(21-2)6-7-16(14)18/h6-7,11,13H,3-5,8-10,12H2,1-2H3. The predicted octanol–water partition coefficient (Wildman–Crippen LogP) is 4.39. The third kappa shape index (κ3) is 4.47. The predicted molar refractivity (Wildman–Crippen MR) is 88.4 cm³/mol. The Morgan fingerprint density at radius 2 is 2.19 bits per heavy atom. The molecular weight excluding hydrogens is 330 g/mol. The highest BCUT2D eigenvalue weighted by molar-refractivity contribution is 9.10. The van der Waals surface area contributed by atoms with E-state index in [4.69, 9.17) is 4.74 Å². The topological polar surface area (TPSA) is 29.5 Å². The summed E-state index contributed by atoms with van der Waals surface area (Å²) in [6.45, 7) is 3.75. The monoisotopic (exact) mass is 353 g/mol. The van der Waals surface area contributed by atoms with E-state index in [-0.39, 0.29) is 5.91 Å². The van der Waals surface area contributed by atoms with Crippen molar-refractivity contribution in [3.05, 3.63) is 28.2 Å². The molecule has 1 aromatic carbocycles. The van der Waals surface area contributed by atoms with Gasteiger partial charge in [-0.15, -0.1) is 0 Å². The minimum atomic E-state index is 0.281. The van der Waals surface area contributed by atoms with E-state index in [1.165, 1.54) is 12.8 Å². The molecule has 0 radical (unpaired) electrons. The fourth-order valence-electron chi connectivity index (χ4n) is 2.96. The summed E-state index contributed by atoms with van der Waals surface area (Å²) in [6.07, 6.45) is 5.31. The lowest BCUT2D eigenvalue weighted by Gasteiger charge is -2.22. The highest BCUT2D eigenvalue weighted by Gasteiger charge is 2.22. The fraction of sp³-hybridized carbons (Fsp3) is 0.588. The van der Waals surface area contributed by atoms with Gasteiger partial charge in [-0.1, -0.05) is 35.7 Å². The van der Waals surface area contributed by atoms with Crippen LogP contribution in [0.1, 0.15) is 44.6 Å². The van der Waals surface area contributed by atoms with Crippen molar-refractivity contribution >= 4 is 21.8 Å². The fourth-order valence-corrected chi connectivity index (χ4v) is 3.33. The number of rotatable bonds is 5. The molecule has 1 fully saturated rings. The van der Waals surface area contributed by atoms with E-state index >= 15 is 0 Å². The van der Waals surface area contributed by atoms with Gasteiger partial charge in [0.15, 0.2) is 0 Å². The van der Waals surface area contributed by atoms with Crippen LogP contribution >= 0.6 is 15.9 Å². The van der Waals surface area contributed by atoms with E-state index in [1.54, 1.807) is 7.11 Å². The first-order chi connectivity index (χ1) is 10.1. The Labute approximate surface area is 135 Å². The van der Waals surface area contributed by atoms with Crippen LogP contribution in [0, 0.1) is 5.92 Å². The average Bonchev–Trinajstić information content (AvgIpc) is 2.65. The molecule has 1 atom stereocenters. The largest absolute Gasteiger partial charge is 0.497 e. The number of nitrogens with zero attached hydrogens (tertiary/aromatic N) is 1. The summed E-state index contributed by atoms with van der Waals surface area (Å²) in [5.41, 5.74) is 1.11. The van der Waals surface area contributed by atoms with Gasteiger partial charge in [-0.2, -0.15) is 0 Å². The number of carbonyl (C=O) groups is 1. The number of methoxy groups -OCH3 is 1. The second-order valence-electron chi connectivity index (χ2n) is 5.75. The molecule has 116 valence electrons. The first-order valence-corrected chi connectivity index (χ1v) is 8.53. The maximum atomic E-state index is 12.3. The minimum Gasteiger partial charge on any atom is -0.497 e. The SMILES string of the molecule is CCCC1CCC(=O)N(Cc2cc(OC)ccc2Br)CC1. The van der Waals surface area contributed by atoms with Crippen LogP contribution in [0.4, 0.5) is 0 Å². The van der Waals surface area contributed by atoms with E-state index in [0.29, 0.717) is 18.9 Å². The van der Waals surface area contributed by atoms with Crippen LogP contribution < -0.4 is 4.74 Å². The molecule has 0 saturated carbocycles. The lowest BCUT2D eigenvalue weighted by atomic mass is 9.96. The molecule has 1 aliphatic rings. The van der Waals surface area contributed by atoms with E-state index in [2.05, 4.69) is 22.9 Å². The number of ether oxygens (including phenoxy) is 1. The van der Waals surface area contributed by atoms with Crippen molar-refractivity contribution in [3.8, 4) is 5.75 Å². The molecule has 21 heavy (non-hydrogen) atoms. The highest BCUT2D eigenvalue weighted by Crippen LogP contribution is 2.27. The van der Waals surface area contributed by atoms with E-state index in [0.717, 1.165) is 35.2 Å². The molecule has 1 heterocycles. The van der Waals surface area contributed by atoms with Crippen molar-refractivity contribution in [1.29, 1.82) is 0 Å². The lowest BCUT2D eigenvalue weighted by molar-refractivity contribution is -0.131. The summed E-state index contributed by atoms with van der Waals surface area (Å²) < 4.78 is 6.31. The van der Waals surface area contributed by atoms with Crippen molar-refractivity contribution in [2.45, 2.75) is 45.6 Å². The van der Waals surface area contributed by atoms with Gasteiger partial charge in [-0.25, -0.2) is 0 Å². The Bertz CT molecular complexity index is 490. The van der Waals surface area contributed by atoms with Gasteiger partial charge in [0.2, 0.25) is 5.91 Å². The number of hydrogen-bond acceptors (Lipinski definition) is 2. The smallest absolute Gasteiger partial charge is 0.222 e. The van der Waals surface area contributed by atoms with Crippen molar-refractivity contribution in [3.63, 3.8) is 0 Å². The zero-order valence-corrected chi connectivity index (χ0v) is 14.5. The summed E-state index contributed by atoms with van der Waals surface area (Å²) >= 11 is 3.57. The molecular formula is C17H24BrNO2. The van der Waals surface area contributed by atoms with Crippen molar-refractivity contribution in [2.24, 2.45) is 5.92 Å². The van der Waals surface area contributed by atoms with Gasteiger partial charge in [0.25, 0.3) is 0 Å². The average molecular weight is 354 g/mol. The number of halogens is 1. The van der Waals surface area contributed by atoms with Crippen LogP contribution in [0.15, 0.2) is 22.7 Å². The van der Waals surface area contributed by atoms with Crippen LogP contribution in [-0.2, 0) is 11.3 Å². The summed E-state index contributed by atoms with van der Waals surface area (Å²) in [6, 6.07) is 5.91. The third-order valence-corrected chi connectivity index (χ3v) is 5.01. The molecule has 1 amide bonds. The summed E-state index contributed by atoms with van der Waals surface area (Å²) in [7, 11) is 1.67. The Morgan fingerprint density at radius 3 is 2.90 bits per heavy atom. The van der Waals surface area contributed by atoms with Gasteiger partial charge >= 0.3 is 0 Å². The van der Waals surface area contributed by atoms with Gasteiger partial charge < -0.3 is 9.64 Å². The number of carbonyl (C=O) groups excluding carboxylic acids is 1. The summed E-state index contributed by atoms with van der Waals surface area (Å²) in [5.74, 6) is 1.82. The summed E-state index contributed by atoms with van der Waals surface area (Å²) in [5, 5.41) is 0. The molecule has 0 aliphatic carbocycles. The molecule has 1 aliphatic heterocycles. The van der Waals surface area contributed by atoms with E-state index in [1.807, 2.05) is 23.1 Å². The van der Waals surface area contributed by atoms with Crippen LogP contribution in [0.25, 0.3) is 0 Å². The molecule has 1 saturated heterocycles. The number of likely N-dealkylation sites (tertiary alicyclic amines) is 1. The van der Waals surface area contributed by atoms with Gasteiger partial charge in [-0.3, -0.25) is 4.79 Å². The molecule has 0 spiro atoms. The Balaban J connectivity index is 2.06. The first kappa shape index (κ1) is 16.3. The number of benzene rings is 1. The van der Waals surface area contributed by atoms with Gasteiger partial charge in [0.1, 0.15) is 5.75 Å². The van der Waals surface area contributed by atoms with Gasteiger partial charge in [0, 0.05) is 24.0 Å². The minimum absolute atomic E-state index is 0.281. The molecule has 1 aromatic rings. The van der Waals surface area contributed by atoms with Gasteiger partial charge in [-0.05, 0) is 42.5 Å². The maximum Gasteiger partial charge on any atom is 0.222 e. The van der Waals surface area contributed by atoms with Crippen molar-refractivity contribution in [2.75, 3.05) is 13.7 Å². The highest BCUT2D eigenvalue weighted by atomic mass is 79.9. The summed E-state index contributed by atoms with van der Waals surface area (Å²) in [4.78, 5) is 14.3. The molecule has 4 heteroatoms. The van der Waals surface area contributed by atoms with Crippen LogP contribution in [-0.4, -0.2) is 24.5 Å². The Morgan fingerprint density at radius 1 is 1.38 bits per heavy atom. The second-order valence-corrected chi connectivity index (χ2v) is 6.61. The van der Waals surface area contributed by atoms with Crippen LogP contribution in [0.3, 0.4) is 0 Å². The van der Waals surface area contributed by atoms with Crippen LogP contribution in [0.2, 0.25) is 0 Å². The van der Waals surface area contributed by atoms with E-state index in [9.17, 15) is 4.79 Å². The quantitative estimate of drug-likeness (QED) is 0.785. The van der Waals surface area contributed by atoms with Gasteiger partial charge in [0.05, 0.1) is 7.11 Å². The molecule has 0 aromatic heterocycles. The first-order valence-electron chi connectivity index (χ1n) is 7.74. The molecule has 0 N–H and O–H groups in total. The zero-order valence-electron chi connectivity index (χ0n) is 12.9. The maximum absolute atomic E-state index is 12.3. The number of amides is 1. The second kappa shape index (κ2) is 7.83.